The monoisotopic (exact) mass is 281 g/mol. The molecule has 0 aromatic heterocycles. The first-order valence-electron chi connectivity index (χ1n) is 8.21. The summed E-state index contributed by atoms with van der Waals surface area (Å²) >= 11 is 0. The van der Waals surface area contributed by atoms with Crippen molar-refractivity contribution in [1.82, 2.24) is 15.1 Å². The van der Waals surface area contributed by atoms with Crippen molar-refractivity contribution >= 4 is 6.03 Å². The van der Waals surface area contributed by atoms with E-state index < -0.39 is 0 Å². The predicted molar refractivity (Wildman–Crippen MR) is 82.8 cm³/mol. The van der Waals surface area contributed by atoms with Gasteiger partial charge in [0.25, 0.3) is 0 Å². The van der Waals surface area contributed by atoms with Crippen molar-refractivity contribution in [3.05, 3.63) is 0 Å². The molecule has 4 heteroatoms. The van der Waals surface area contributed by atoms with Crippen molar-refractivity contribution in [2.24, 2.45) is 11.8 Å². The molecule has 1 N–H and O–H groups in total. The van der Waals surface area contributed by atoms with Gasteiger partial charge in [-0.05, 0) is 31.1 Å². The van der Waals surface area contributed by atoms with Gasteiger partial charge in [0.15, 0.2) is 0 Å². The predicted octanol–water partition coefficient (Wildman–Crippen LogP) is 2.55. The summed E-state index contributed by atoms with van der Waals surface area (Å²) in [5, 5.41) is 3.88. The molecule has 116 valence electrons. The van der Waals surface area contributed by atoms with Gasteiger partial charge in [0, 0.05) is 39.3 Å². The second-order valence-corrected chi connectivity index (χ2v) is 6.98. The van der Waals surface area contributed by atoms with Crippen LogP contribution in [-0.2, 0) is 0 Å². The van der Waals surface area contributed by atoms with E-state index in [9.17, 15) is 4.79 Å². The van der Waals surface area contributed by atoms with Crippen molar-refractivity contribution < 1.29 is 4.79 Å². The number of hydrogen-bond acceptors (Lipinski definition) is 2. The number of carbonyl (C=O) groups is 1. The van der Waals surface area contributed by atoms with E-state index in [4.69, 9.17) is 0 Å². The van der Waals surface area contributed by atoms with Gasteiger partial charge in [-0.25, -0.2) is 4.79 Å². The smallest absolute Gasteiger partial charge is 0.319 e. The lowest BCUT2D eigenvalue weighted by atomic mass is 9.77. The van der Waals surface area contributed by atoms with Gasteiger partial charge in [-0.2, -0.15) is 0 Å². The van der Waals surface area contributed by atoms with Gasteiger partial charge >= 0.3 is 6.03 Å². The van der Waals surface area contributed by atoms with Gasteiger partial charge in [0.1, 0.15) is 0 Å². The Bertz CT molecular complexity index is 324. The molecule has 20 heavy (non-hydrogen) atoms. The molecule has 2 amide bonds. The summed E-state index contributed by atoms with van der Waals surface area (Å²) < 4.78 is 0. The molecule has 0 radical (unpaired) electrons. The number of piperidine rings is 1. The van der Waals surface area contributed by atoms with E-state index >= 15 is 0 Å². The lowest BCUT2D eigenvalue weighted by molar-refractivity contribution is 0.138. The van der Waals surface area contributed by atoms with E-state index in [0.29, 0.717) is 12.1 Å². The molecule has 0 aromatic rings. The molecule has 4 nitrogen and oxygen atoms in total. The largest absolute Gasteiger partial charge is 0.331 e. The van der Waals surface area contributed by atoms with Crippen LogP contribution in [0.1, 0.15) is 46.0 Å². The van der Waals surface area contributed by atoms with E-state index in [2.05, 4.69) is 19.2 Å². The molecule has 2 aliphatic rings. The summed E-state index contributed by atoms with van der Waals surface area (Å²) in [7, 11) is 3.66. The number of rotatable bonds is 2. The van der Waals surface area contributed by atoms with Crippen LogP contribution in [0.2, 0.25) is 0 Å². The first kappa shape index (κ1) is 15.6. The second-order valence-electron chi connectivity index (χ2n) is 6.98. The molecular formula is C16H31N3O. The highest BCUT2D eigenvalue weighted by atomic mass is 16.2. The zero-order valence-electron chi connectivity index (χ0n) is 13.6. The highest BCUT2D eigenvalue weighted by Gasteiger charge is 2.30. The van der Waals surface area contributed by atoms with Gasteiger partial charge < -0.3 is 15.1 Å². The lowest BCUT2D eigenvalue weighted by Crippen LogP contribution is -2.52. The van der Waals surface area contributed by atoms with Gasteiger partial charge in [-0.1, -0.05) is 26.7 Å². The third-order valence-corrected chi connectivity index (χ3v) is 5.30. The Morgan fingerprint density at radius 3 is 2.35 bits per heavy atom. The van der Waals surface area contributed by atoms with Crippen LogP contribution in [0.4, 0.5) is 4.79 Å². The van der Waals surface area contributed by atoms with Gasteiger partial charge in [-0.3, -0.25) is 0 Å². The Hall–Kier alpha value is -0.770. The van der Waals surface area contributed by atoms with E-state index in [1.165, 1.54) is 19.3 Å². The number of nitrogens with one attached hydrogen (secondary N) is 1. The minimum absolute atomic E-state index is 0.156. The number of amides is 2. The normalized spacial score (nSPS) is 32.2. The Labute approximate surface area is 123 Å². The van der Waals surface area contributed by atoms with E-state index in [1.807, 2.05) is 19.0 Å². The average Bonchev–Trinajstić information content (AvgIpc) is 2.44. The molecule has 3 atom stereocenters. The first-order chi connectivity index (χ1) is 9.49. The fourth-order valence-corrected chi connectivity index (χ4v) is 3.64. The van der Waals surface area contributed by atoms with Crippen LogP contribution < -0.4 is 5.32 Å². The molecule has 1 aliphatic carbocycles. The SMILES string of the molecule is CC1CCCC(NC2CCN(C(=O)N(C)C)CC2)C1C. The van der Waals surface area contributed by atoms with Crippen LogP contribution in [-0.4, -0.2) is 55.1 Å². The lowest BCUT2D eigenvalue weighted by Gasteiger charge is -2.40. The Balaban J connectivity index is 1.78. The highest BCUT2D eigenvalue weighted by molar-refractivity contribution is 5.73. The number of likely N-dealkylation sites (tertiary alicyclic amines) is 1. The van der Waals surface area contributed by atoms with Crippen molar-refractivity contribution in [2.45, 2.75) is 58.0 Å². The minimum Gasteiger partial charge on any atom is -0.331 e. The van der Waals surface area contributed by atoms with Gasteiger partial charge in [0.05, 0.1) is 0 Å². The Kier molecular flexibility index (Phi) is 5.30. The van der Waals surface area contributed by atoms with Crippen molar-refractivity contribution in [3.63, 3.8) is 0 Å². The van der Waals surface area contributed by atoms with E-state index in [1.54, 1.807) is 4.90 Å². The van der Waals surface area contributed by atoms with Crippen LogP contribution in [0.3, 0.4) is 0 Å². The van der Waals surface area contributed by atoms with Crippen LogP contribution in [0.15, 0.2) is 0 Å². The van der Waals surface area contributed by atoms with E-state index in [0.717, 1.165) is 37.8 Å². The van der Waals surface area contributed by atoms with Crippen LogP contribution in [0, 0.1) is 11.8 Å². The summed E-state index contributed by atoms with van der Waals surface area (Å²) in [4.78, 5) is 15.6. The molecule has 3 unspecified atom stereocenters. The van der Waals surface area contributed by atoms with Crippen molar-refractivity contribution in [1.29, 1.82) is 0 Å². The molecule has 2 rings (SSSR count). The highest BCUT2D eigenvalue weighted by Crippen LogP contribution is 2.30. The summed E-state index contributed by atoms with van der Waals surface area (Å²) in [6, 6.07) is 1.43. The zero-order valence-corrected chi connectivity index (χ0v) is 13.6. The molecule has 1 saturated carbocycles. The molecular weight excluding hydrogens is 250 g/mol. The maximum atomic E-state index is 11.9. The van der Waals surface area contributed by atoms with Crippen LogP contribution >= 0.6 is 0 Å². The fraction of sp³-hybridized carbons (Fsp3) is 0.938. The molecule has 1 aliphatic heterocycles. The molecule has 0 spiro atoms. The third kappa shape index (κ3) is 3.66. The number of hydrogen-bond donors (Lipinski definition) is 1. The van der Waals surface area contributed by atoms with Crippen molar-refractivity contribution in [3.8, 4) is 0 Å². The second kappa shape index (κ2) is 6.79. The van der Waals surface area contributed by atoms with Crippen molar-refractivity contribution in [2.75, 3.05) is 27.2 Å². The van der Waals surface area contributed by atoms with Gasteiger partial charge in [-0.15, -0.1) is 0 Å². The summed E-state index contributed by atoms with van der Waals surface area (Å²) in [5.74, 6) is 1.63. The maximum absolute atomic E-state index is 11.9. The molecule has 2 fully saturated rings. The molecule has 1 saturated heterocycles. The summed E-state index contributed by atoms with van der Waals surface area (Å²) in [6.45, 7) is 6.57. The molecule has 1 heterocycles. The number of nitrogens with zero attached hydrogens (tertiary/aromatic N) is 2. The number of carbonyl (C=O) groups excluding carboxylic acids is 1. The minimum atomic E-state index is 0.156. The quantitative estimate of drug-likeness (QED) is 0.844. The fourth-order valence-electron chi connectivity index (χ4n) is 3.64. The molecule has 0 aromatic carbocycles. The summed E-state index contributed by atoms with van der Waals surface area (Å²) in [6.07, 6.45) is 6.26. The average molecular weight is 281 g/mol. The topological polar surface area (TPSA) is 35.6 Å². The van der Waals surface area contributed by atoms with Gasteiger partial charge in [0.2, 0.25) is 0 Å². The van der Waals surface area contributed by atoms with Crippen LogP contribution in [0.25, 0.3) is 0 Å². The first-order valence-corrected chi connectivity index (χ1v) is 8.21. The Morgan fingerprint density at radius 2 is 1.75 bits per heavy atom. The van der Waals surface area contributed by atoms with Crippen LogP contribution in [0.5, 0.6) is 0 Å². The molecule has 0 bridgehead atoms. The Morgan fingerprint density at radius 1 is 1.10 bits per heavy atom. The number of urea groups is 1. The zero-order chi connectivity index (χ0) is 14.7. The van der Waals surface area contributed by atoms with E-state index in [-0.39, 0.29) is 6.03 Å². The summed E-state index contributed by atoms with van der Waals surface area (Å²) in [5.41, 5.74) is 0. The maximum Gasteiger partial charge on any atom is 0.319 e. The third-order valence-electron chi connectivity index (χ3n) is 5.30. The standard InChI is InChI=1S/C16H31N3O/c1-12-6-5-7-15(13(12)2)17-14-8-10-19(11-9-14)16(20)18(3)4/h12-15,17H,5-11H2,1-4H3.